The fourth-order valence-electron chi connectivity index (χ4n) is 2.70. The summed E-state index contributed by atoms with van der Waals surface area (Å²) in [5.41, 5.74) is 0. The van der Waals surface area contributed by atoms with Crippen molar-refractivity contribution in [2.75, 3.05) is 12.8 Å². The van der Waals surface area contributed by atoms with Crippen molar-refractivity contribution in [2.45, 2.75) is 50.3 Å². The van der Waals surface area contributed by atoms with Gasteiger partial charge in [0.05, 0.1) is 0 Å². The molecule has 0 aromatic rings. The maximum Gasteiger partial charge on any atom is 0.163 e. The van der Waals surface area contributed by atoms with Crippen molar-refractivity contribution in [1.82, 2.24) is 5.32 Å². The Bertz CT molecular complexity index is 234. The highest BCUT2D eigenvalue weighted by Gasteiger charge is 2.29. The van der Waals surface area contributed by atoms with Gasteiger partial charge in [-0.15, -0.1) is 11.8 Å². The maximum atomic E-state index is 12.2. The van der Waals surface area contributed by atoms with Crippen LogP contribution in [0.15, 0.2) is 0 Å². The molecule has 0 aliphatic heterocycles. The third-order valence-corrected chi connectivity index (χ3v) is 4.94. The van der Waals surface area contributed by atoms with E-state index in [1.807, 2.05) is 6.26 Å². The molecule has 0 aromatic carbocycles. The number of ketones is 1. The molecule has 1 atom stereocenters. The second-order valence-electron chi connectivity index (χ2n) is 5.20. The highest BCUT2D eigenvalue weighted by Crippen LogP contribution is 2.29. The fourth-order valence-corrected chi connectivity index (χ4v) is 3.38. The van der Waals surface area contributed by atoms with Crippen LogP contribution < -0.4 is 5.32 Å². The van der Waals surface area contributed by atoms with Gasteiger partial charge < -0.3 is 0 Å². The Kier molecular flexibility index (Phi) is 4.71. The summed E-state index contributed by atoms with van der Waals surface area (Å²) in [7, 11) is 0. The molecule has 0 amide bonds. The van der Waals surface area contributed by atoms with E-state index in [9.17, 15) is 4.79 Å². The standard InChI is InChI=1S/C13H23NOS/c1-16-13(14-9-10-5-4-6-10)12(15)11-7-2-3-8-11/h10-11,13-14H,2-9H2,1H3. The maximum absolute atomic E-state index is 12.2. The Labute approximate surface area is 103 Å². The van der Waals surface area contributed by atoms with Crippen molar-refractivity contribution in [3.8, 4) is 0 Å². The fraction of sp³-hybridized carbons (Fsp3) is 0.923. The van der Waals surface area contributed by atoms with E-state index >= 15 is 0 Å². The smallest absolute Gasteiger partial charge is 0.163 e. The molecular weight excluding hydrogens is 218 g/mol. The quantitative estimate of drug-likeness (QED) is 0.725. The molecular formula is C13H23NOS. The third kappa shape index (κ3) is 3.01. The number of nitrogens with one attached hydrogen (secondary N) is 1. The largest absolute Gasteiger partial charge is 0.299 e. The summed E-state index contributed by atoms with van der Waals surface area (Å²) in [6.45, 7) is 1.05. The van der Waals surface area contributed by atoms with Crippen molar-refractivity contribution in [3.63, 3.8) is 0 Å². The summed E-state index contributed by atoms with van der Waals surface area (Å²) in [5.74, 6) is 1.65. The second kappa shape index (κ2) is 6.06. The summed E-state index contributed by atoms with van der Waals surface area (Å²) in [6, 6.07) is 0. The Balaban J connectivity index is 1.75. The van der Waals surface area contributed by atoms with Crippen molar-refractivity contribution in [1.29, 1.82) is 0 Å². The van der Waals surface area contributed by atoms with Crippen LogP contribution in [-0.4, -0.2) is 24.0 Å². The molecule has 0 saturated heterocycles. The first-order valence-electron chi connectivity index (χ1n) is 6.61. The van der Waals surface area contributed by atoms with Crippen LogP contribution in [0, 0.1) is 11.8 Å². The van der Waals surface area contributed by atoms with E-state index in [1.165, 1.54) is 32.1 Å². The molecule has 0 bridgehead atoms. The monoisotopic (exact) mass is 241 g/mol. The first kappa shape index (κ1) is 12.4. The minimum absolute atomic E-state index is 0.0590. The van der Waals surface area contributed by atoms with E-state index in [0.717, 1.165) is 25.3 Å². The molecule has 3 heteroatoms. The average Bonchev–Trinajstić information content (AvgIpc) is 2.74. The van der Waals surface area contributed by atoms with E-state index in [-0.39, 0.29) is 5.37 Å². The van der Waals surface area contributed by atoms with Crippen molar-refractivity contribution in [2.24, 2.45) is 11.8 Å². The summed E-state index contributed by atoms with van der Waals surface area (Å²) >= 11 is 1.68. The lowest BCUT2D eigenvalue weighted by Gasteiger charge is -2.28. The molecule has 2 saturated carbocycles. The molecule has 2 rings (SSSR count). The van der Waals surface area contributed by atoms with Gasteiger partial charge in [0.25, 0.3) is 0 Å². The van der Waals surface area contributed by atoms with Crippen molar-refractivity contribution in [3.05, 3.63) is 0 Å². The van der Waals surface area contributed by atoms with E-state index < -0.39 is 0 Å². The highest BCUT2D eigenvalue weighted by atomic mass is 32.2. The minimum Gasteiger partial charge on any atom is -0.299 e. The first-order chi connectivity index (χ1) is 7.81. The summed E-state index contributed by atoms with van der Waals surface area (Å²) in [5, 5.41) is 3.52. The van der Waals surface area contributed by atoms with Gasteiger partial charge in [-0.1, -0.05) is 19.3 Å². The Morgan fingerprint density at radius 3 is 2.44 bits per heavy atom. The second-order valence-corrected chi connectivity index (χ2v) is 6.15. The van der Waals surface area contributed by atoms with E-state index in [4.69, 9.17) is 0 Å². The Morgan fingerprint density at radius 2 is 1.94 bits per heavy atom. The summed E-state index contributed by atoms with van der Waals surface area (Å²) in [4.78, 5) is 12.2. The number of hydrogen-bond donors (Lipinski definition) is 1. The highest BCUT2D eigenvalue weighted by molar-refractivity contribution is 7.99. The molecule has 0 radical (unpaired) electrons. The minimum atomic E-state index is 0.0590. The lowest BCUT2D eigenvalue weighted by molar-refractivity contribution is -0.122. The van der Waals surface area contributed by atoms with Crippen LogP contribution in [0.4, 0.5) is 0 Å². The predicted octanol–water partition coefficient (Wildman–Crippen LogP) is 2.82. The molecule has 2 nitrogen and oxygen atoms in total. The van der Waals surface area contributed by atoms with Crippen LogP contribution in [-0.2, 0) is 4.79 Å². The topological polar surface area (TPSA) is 29.1 Å². The lowest BCUT2D eigenvalue weighted by atomic mass is 9.85. The van der Waals surface area contributed by atoms with Gasteiger partial charge in [0.1, 0.15) is 5.37 Å². The van der Waals surface area contributed by atoms with Crippen LogP contribution in [0.2, 0.25) is 0 Å². The molecule has 16 heavy (non-hydrogen) atoms. The normalized spacial score (nSPS) is 24.3. The number of carbonyl (C=O) groups is 1. The van der Waals surface area contributed by atoms with Gasteiger partial charge in [-0.05, 0) is 44.4 Å². The molecule has 0 aromatic heterocycles. The third-order valence-electron chi connectivity index (χ3n) is 4.07. The SMILES string of the molecule is CSC(NCC1CCC1)C(=O)C1CCCC1. The number of rotatable bonds is 6. The molecule has 0 heterocycles. The van der Waals surface area contributed by atoms with E-state index in [2.05, 4.69) is 5.32 Å². The first-order valence-corrected chi connectivity index (χ1v) is 7.90. The van der Waals surface area contributed by atoms with Crippen LogP contribution in [0.25, 0.3) is 0 Å². The van der Waals surface area contributed by atoms with Crippen molar-refractivity contribution >= 4 is 17.5 Å². The summed E-state index contributed by atoms with van der Waals surface area (Å²) in [6.07, 6.45) is 10.9. The van der Waals surface area contributed by atoms with Gasteiger partial charge in [-0.25, -0.2) is 0 Å². The van der Waals surface area contributed by atoms with E-state index in [0.29, 0.717) is 11.7 Å². The Hall–Kier alpha value is -0.0200. The van der Waals surface area contributed by atoms with Gasteiger partial charge in [0.2, 0.25) is 0 Å². The van der Waals surface area contributed by atoms with Crippen LogP contribution >= 0.6 is 11.8 Å². The molecule has 1 N–H and O–H groups in total. The van der Waals surface area contributed by atoms with Crippen molar-refractivity contribution < 1.29 is 4.79 Å². The number of thioether (sulfide) groups is 1. The molecule has 1 unspecified atom stereocenters. The zero-order valence-corrected chi connectivity index (χ0v) is 11.0. The lowest BCUT2D eigenvalue weighted by Crippen LogP contribution is -2.40. The van der Waals surface area contributed by atoms with Crippen LogP contribution in [0.1, 0.15) is 44.9 Å². The van der Waals surface area contributed by atoms with Gasteiger partial charge >= 0.3 is 0 Å². The molecule has 92 valence electrons. The summed E-state index contributed by atoms with van der Waals surface area (Å²) < 4.78 is 0. The van der Waals surface area contributed by atoms with Gasteiger partial charge in [-0.3, -0.25) is 10.1 Å². The number of Topliss-reactive ketones (excluding diaryl/α,β-unsaturated/α-hetero) is 1. The molecule has 2 aliphatic carbocycles. The number of hydrogen-bond acceptors (Lipinski definition) is 3. The van der Waals surface area contributed by atoms with Crippen LogP contribution in [0.3, 0.4) is 0 Å². The number of carbonyl (C=O) groups excluding carboxylic acids is 1. The molecule has 2 aliphatic rings. The zero-order chi connectivity index (χ0) is 11.4. The zero-order valence-electron chi connectivity index (χ0n) is 10.2. The van der Waals surface area contributed by atoms with Crippen LogP contribution in [0.5, 0.6) is 0 Å². The van der Waals surface area contributed by atoms with Gasteiger partial charge in [0, 0.05) is 5.92 Å². The van der Waals surface area contributed by atoms with Gasteiger partial charge in [-0.2, -0.15) is 0 Å². The predicted molar refractivity (Wildman–Crippen MR) is 69.6 cm³/mol. The molecule has 2 fully saturated rings. The van der Waals surface area contributed by atoms with Gasteiger partial charge in [0.15, 0.2) is 5.78 Å². The Morgan fingerprint density at radius 1 is 1.25 bits per heavy atom. The van der Waals surface area contributed by atoms with E-state index in [1.54, 1.807) is 11.8 Å². The molecule has 0 spiro atoms. The average molecular weight is 241 g/mol.